The predicted octanol–water partition coefficient (Wildman–Crippen LogP) is 16.2. The highest BCUT2D eigenvalue weighted by atomic mass is 15.0. The Morgan fingerprint density at radius 2 is 0.697 bits per heavy atom. The summed E-state index contributed by atoms with van der Waals surface area (Å²) in [5, 5.41) is 5.11. The van der Waals surface area contributed by atoms with Gasteiger partial charge >= 0.3 is 0 Å². The molecule has 2 atom stereocenters. The zero-order valence-electron chi connectivity index (χ0n) is 36.1. The summed E-state index contributed by atoms with van der Waals surface area (Å²) in [6.45, 7) is 0. The van der Waals surface area contributed by atoms with Crippen LogP contribution >= 0.6 is 0 Å². The fraction of sp³-hybridized carbons (Fsp3) is 0.0312. The summed E-state index contributed by atoms with van der Waals surface area (Å²) in [4.78, 5) is 0. The van der Waals surface area contributed by atoms with E-state index in [-0.39, 0.29) is 0 Å². The smallest absolute Gasteiger partial charge is 0.0547 e. The maximum Gasteiger partial charge on any atom is 0.0547 e. The maximum atomic E-state index is 2.44. The first kappa shape index (κ1) is 37.0. The molecule has 8 aromatic carbocycles. The van der Waals surface area contributed by atoms with Crippen molar-refractivity contribution in [3.63, 3.8) is 0 Å². The van der Waals surface area contributed by atoms with Crippen LogP contribution in [0.2, 0.25) is 0 Å². The minimum absolute atomic E-state index is 0.301. The van der Waals surface area contributed by atoms with Gasteiger partial charge in [-0.05, 0) is 127 Å². The third kappa shape index (κ3) is 5.61. The van der Waals surface area contributed by atoms with Gasteiger partial charge in [0.15, 0.2) is 0 Å². The number of fused-ring (bicyclic) bond motifs is 6. The van der Waals surface area contributed by atoms with Gasteiger partial charge < -0.3 is 9.13 Å². The van der Waals surface area contributed by atoms with E-state index in [0.717, 1.165) is 0 Å². The van der Waals surface area contributed by atoms with Gasteiger partial charge in [-0.3, -0.25) is 0 Å². The third-order valence-electron chi connectivity index (χ3n) is 14.4. The van der Waals surface area contributed by atoms with E-state index < -0.39 is 0 Å². The van der Waals surface area contributed by atoms with E-state index in [2.05, 4.69) is 252 Å². The van der Waals surface area contributed by atoms with Gasteiger partial charge in [-0.15, -0.1) is 0 Å². The molecule has 2 unspecified atom stereocenters. The van der Waals surface area contributed by atoms with Crippen molar-refractivity contribution < 1.29 is 0 Å². The Kier molecular flexibility index (Phi) is 8.14. The third-order valence-corrected chi connectivity index (χ3v) is 14.4. The lowest BCUT2D eigenvalue weighted by molar-refractivity contribution is 0.566. The molecule has 0 amide bonds. The van der Waals surface area contributed by atoms with Crippen LogP contribution in [0.4, 0.5) is 0 Å². The molecule has 2 heterocycles. The number of benzene rings is 8. The topological polar surface area (TPSA) is 9.86 Å². The number of nitrogens with zero attached hydrogens (tertiary/aromatic N) is 2. The van der Waals surface area contributed by atoms with Gasteiger partial charge in [0, 0.05) is 44.8 Å². The highest BCUT2D eigenvalue weighted by Gasteiger charge is 2.38. The monoisotopic (exact) mass is 838 g/mol. The fourth-order valence-corrected chi connectivity index (χ4v) is 11.6. The normalized spacial score (nSPS) is 17.3. The van der Waals surface area contributed by atoms with Crippen molar-refractivity contribution in [2.75, 3.05) is 0 Å². The van der Waals surface area contributed by atoms with Crippen LogP contribution in [0, 0.1) is 11.8 Å². The van der Waals surface area contributed by atoms with Crippen LogP contribution in [-0.2, 0) is 0 Å². The standard InChI is InChI=1S/C64H42N2/c1-3-19-51(20-4-1)65-57-27-9-7-23-55(57)63-53(25-13-29-59(63)65)43-17-11-15-41(35-43)49-37-45-31-33-47-39-50(40-48-34-32-46(38-49)61(45)62(47)48)42-16-12-18-44(36-42)54-26-14-30-60-64(54)56-24-8-10-28-58(56)66(60)52-21-5-2-6-22-52/h1-40,61-62H. The van der Waals surface area contributed by atoms with Gasteiger partial charge in [0.05, 0.1) is 22.1 Å². The Morgan fingerprint density at radius 3 is 1.17 bits per heavy atom. The molecule has 308 valence electrons. The Hall–Kier alpha value is -8.46. The molecule has 66 heavy (non-hydrogen) atoms. The maximum absolute atomic E-state index is 2.44. The van der Waals surface area contributed by atoms with E-state index in [0.29, 0.717) is 11.8 Å². The molecular formula is C64H42N2. The minimum atomic E-state index is 0.301. The molecule has 0 N–H and O–H groups in total. The van der Waals surface area contributed by atoms with E-state index in [4.69, 9.17) is 0 Å². The van der Waals surface area contributed by atoms with Crippen molar-refractivity contribution in [1.29, 1.82) is 0 Å². The Morgan fingerprint density at radius 1 is 0.303 bits per heavy atom. The number of para-hydroxylation sites is 4. The first-order valence-corrected chi connectivity index (χ1v) is 23.1. The minimum Gasteiger partial charge on any atom is -0.309 e. The number of rotatable bonds is 6. The first-order valence-electron chi connectivity index (χ1n) is 23.1. The molecule has 14 rings (SSSR count). The van der Waals surface area contributed by atoms with E-state index in [1.807, 2.05) is 0 Å². The summed E-state index contributed by atoms with van der Waals surface area (Å²) in [7, 11) is 0. The summed E-state index contributed by atoms with van der Waals surface area (Å²) in [6, 6.07) is 70.9. The lowest BCUT2D eigenvalue weighted by Gasteiger charge is -2.40. The Balaban J connectivity index is 0.824. The van der Waals surface area contributed by atoms with Crippen LogP contribution in [0.25, 0.3) is 88.4 Å². The van der Waals surface area contributed by atoms with Crippen LogP contribution in [0.15, 0.2) is 265 Å². The van der Waals surface area contributed by atoms with E-state index in [9.17, 15) is 0 Å². The van der Waals surface area contributed by atoms with Crippen molar-refractivity contribution in [1.82, 2.24) is 9.13 Å². The van der Waals surface area contributed by atoms with Crippen LogP contribution in [-0.4, -0.2) is 9.13 Å². The second-order valence-corrected chi connectivity index (χ2v) is 18.0. The molecule has 0 radical (unpaired) electrons. The molecule has 0 saturated carbocycles. The number of hydrogen-bond donors (Lipinski definition) is 0. The highest BCUT2D eigenvalue weighted by molar-refractivity contribution is 6.17. The van der Waals surface area contributed by atoms with Crippen molar-refractivity contribution >= 4 is 54.8 Å². The van der Waals surface area contributed by atoms with Gasteiger partial charge in [-0.25, -0.2) is 0 Å². The molecular weight excluding hydrogens is 797 g/mol. The van der Waals surface area contributed by atoms with Crippen molar-refractivity contribution in [3.05, 3.63) is 276 Å². The van der Waals surface area contributed by atoms with Gasteiger partial charge in [-0.1, -0.05) is 182 Å². The molecule has 0 bridgehead atoms. The van der Waals surface area contributed by atoms with Crippen LogP contribution < -0.4 is 0 Å². The van der Waals surface area contributed by atoms with Crippen LogP contribution in [0.1, 0.15) is 11.1 Å². The molecule has 4 aliphatic rings. The lowest BCUT2D eigenvalue weighted by Crippen LogP contribution is -2.29. The molecule has 2 heteroatoms. The van der Waals surface area contributed by atoms with E-state index >= 15 is 0 Å². The largest absolute Gasteiger partial charge is 0.309 e. The highest BCUT2D eigenvalue weighted by Crippen LogP contribution is 2.52. The van der Waals surface area contributed by atoms with Crippen molar-refractivity contribution in [2.24, 2.45) is 11.8 Å². The molecule has 0 fully saturated rings. The van der Waals surface area contributed by atoms with E-state index in [1.54, 1.807) is 0 Å². The summed E-state index contributed by atoms with van der Waals surface area (Å²) in [5.41, 5.74) is 22.7. The van der Waals surface area contributed by atoms with Crippen molar-refractivity contribution in [3.8, 4) is 33.6 Å². The molecule has 0 aliphatic heterocycles. The second kappa shape index (κ2) is 14.5. The lowest BCUT2D eigenvalue weighted by atomic mass is 9.63. The summed E-state index contributed by atoms with van der Waals surface area (Å²) in [5.74, 6) is 0.601. The molecule has 10 aromatic rings. The quantitative estimate of drug-likeness (QED) is 0.158. The van der Waals surface area contributed by atoms with Crippen LogP contribution in [0.5, 0.6) is 0 Å². The molecule has 4 aliphatic carbocycles. The first-order chi connectivity index (χ1) is 32.7. The average Bonchev–Trinajstić information content (AvgIpc) is 3.92. The van der Waals surface area contributed by atoms with Crippen LogP contribution in [0.3, 0.4) is 0 Å². The second-order valence-electron chi connectivity index (χ2n) is 18.0. The Labute approximate surface area is 383 Å². The van der Waals surface area contributed by atoms with Gasteiger partial charge in [0.2, 0.25) is 0 Å². The predicted molar refractivity (Wildman–Crippen MR) is 277 cm³/mol. The summed E-state index contributed by atoms with van der Waals surface area (Å²) >= 11 is 0. The van der Waals surface area contributed by atoms with E-state index in [1.165, 1.54) is 122 Å². The van der Waals surface area contributed by atoms with Gasteiger partial charge in [0.25, 0.3) is 0 Å². The number of aromatic nitrogens is 2. The number of hydrogen-bond acceptors (Lipinski definition) is 0. The molecule has 2 aromatic heterocycles. The zero-order valence-corrected chi connectivity index (χ0v) is 36.1. The van der Waals surface area contributed by atoms with Crippen molar-refractivity contribution in [2.45, 2.75) is 0 Å². The molecule has 0 spiro atoms. The summed E-state index contributed by atoms with van der Waals surface area (Å²) in [6.07, 6.45) is 19.3. The van der Waals surface area contributed by atoms with Gasteiger partial charge in [0.1, 0.15) is 0 Å². The fourth-order valence-electron chi connectivity index (χ4n) is 11.6. The average molecular weight is 839 g/mol. The number of allylic oxidation sites excluding steroid dienone is 14. The SMILES string of the molecule is C1=CC2=CC(c3cccc(-c4cccc5c4c4ccccc4n5-c4ccccc4)c3)=CC3=CC=C4C=C(c5cccc(-c6cccc7c6c6ccccc6n7-c6ccccc6)c5)C=C1C4C32. The molecule has 2 nitrogen and oxygen atoms in total. The Bertz CT molecular complexity index is 3650. The summed E-state index contributed by atoms with van der Waals surface area (Å²) < 4.78 is 4.80. The zero-order chi connectivity index (χ0) is 43.3. The molecule has 0 saturated heterocycles. The van der Waals surface area contributed by atoms with Gasteiger partial charge in [-0.2, -0.15) is 0 Å².